The fourth-order valence-electron chi connectivity index (χ4n) is 4.65. The summed E-state index contributed by atoms with van der Waals surface area (Å²) in [5.74, 6) is 0.279. The van der Waals surface area contributed by atoms with Crippen molar-refractivity contribution in [3.63, 3.8) is 0 Å². The number of nitrogens with zero attached hydrogens (tertiary/aromatic N) is 3. The summed E-state index contributed by atoms with van der Waals surface area (Å²) in [7, 11) is 1.62. The van der Waals surface area contributed by atoms with Gasteiger partial charge in [0.1, 0.15) is 22.7 Å². The molecule has 0 saturated heterocycles. The second kappa shape index (κ2) is 9.62. The number of aryl methyl sites for hydroxylation is 1. The predicted octanol–water partition coefficient (Wildman–Crippen LogP) is 4.92. The van der Waals surface area contributed by atoms with E-state index in [0.717, 1.165) is 39.6 Å². The Hall–Kier alpha value is -3.91. The van der Waals surface area contributed by atoms with Crippen molar-refractivity contribution in [3.8, 4) is 16.3 Å². The van der Waals surface area contributed by atoms with Gasteiger partial charge in [0.2, 0.25) is 5.91 Å². The zero-order chi connectivity index (χ0) is 25.3. The highest BCUT2D eigenvalue weighted by Crippen LogP contribution is 2.36. The fraction of sp³-hybridized carbons (Fsp3) is 0.250. The van der Waals surface area contributed by atoms with Gasteiger partial charge in [-0.1, -0.05) is 43.3 Å². The highest BCUT2D eigenvalue weighted by atomic mass is 32.1. The first-order chi connectivity index (χ1) is 17.4. The van der Waals surface area contributed by atoms with Crippen LogP contribution in [0.3, 0.4) is 0 Å². The van der Waals surface area contributed by atoms with Crippen LogP contribution >= 0.6 is 11.3 Å². The lowest BCUT2D eigenvalue weighted by Crippen LogP contribution is -2.64. The molecule has 7 nitrogen and oxygen atoms in total. The molecule has 0 spiro atoms. The normalized spacial score (nSPS) is 17.1. The second-order valence-corrected chi connectivity index (χ2v) is 9.92. The van der Waals surface area contributed by atoms with Gasteiger partial charge in [0.25, 0.3) is 5.91 Å². The predicted molar refractivity (Wildman–Crippen MR) is 141 cm³/mol. The number of amides is 2. The van der Waals surface area contributed by atoms with Gasteiger partial charge in [-0.15, -0.1) is 11.3 Å². The van der Waals surface area contributed by atoms with Crippen molar-refractivity contribution in [2.24, 2.45) is 0 Å². The Kier molecular flexibility index (Phi) is 6.36. The molecule has 0 aliphatic carbocycles. The summed E-state index contributed by atoms with van der Waals surface area (Å²) in [4.78, 5) is 30.5. The van der Waals surface area contributed by atoms with E-state index in [-0.39, 0.29) is 18.4 Å². The van der Waals surface area contributed by atoms with Crippen LogP contribution in [0.25, 0.3) is 10.6 Å². The number of hydrogen-bond donors (Lipinski definition) is 1. The van der Waals surface area contributed by atoms with Crippen molar-refractivity contribution in [2.45, 2.75) is 38.9 Å². The van der Waals surface area contributed by atoms with Crippen molar-refractivity contribution >= 4 is 28.8 Å². The molecule has 3 heterocycles. The number of methoxy groups -OCH3 is 1. The fourth-order valence-corrected chi connectivity index (χ4v) is 5.33. The standard InChI is InChI=1S/C28H28N4O3S/c1-4-20-8-5-6-9-23(20)32-26(33)24-16-22(25-10-7-15-36-25)30-31(24)18-28(32,2)27(34)29-17-19-11-13-21(35-3)14-12-19/h5-16H,4,17-18H2,1-3H3,(H,29,34)/t28-/m0/s1. The summed E-state index contributed by atoms with van der Waals surface area (Å²) in [6, 6.07) is 21.1. The number of ether oxygens (including phenoxy) is 1. The smallest absolute Gasteiger partial charge is 0.277 e. The maximum absolute atomic E-state index is 14.0. The first-order valence-corrected chi connectivity index (χ1v) is 12.8. The van der Waals surface area contributed by atoms with E-state index in [0.29, 0.717) is 12.2 Å². The minimum absolute atomic E-state index is 0.237. The molecule has 5 rings (SSSR count). The van der Waals surface area contributed by atoms with E-state index in [1.165, 1.54) is 0 Å². The lowest BCUT2D eigenvalue weighted by atomic mass is 9.92. The first kappa shape index (κ1) is 23.8. The van der Waals surface area contributed by atoms with Crippen LogP contribution in [0.5, 0.6) is 5.75 Å². The van der Waals surface area contributed by atoms with Crippen molar-refractivity contribution in [2.75, 3.05) is 12.0 Å². The van der Waals surface area contributed by atoms with Crippen molar-refractivity contribution in [1.29, 1.82) is 0 Å². The Morgan fingerprint density at radius 2 is 1.92 bits per heavy atom. The summed E-state index contributed by atoms with van der Waals surface area (Å²) < 4.78 is 6.90. The number of carbonyl (C=O) groups is 2. The number of hydrogen-bond acceptors (Lipinski definition) is 5. The third kappa shape index (κ3) is 4.18. The van der Waals surface area contributed by atoms with Gasteiger partial charge in [0.05, 0.1) is 18.5 Å². The van der Waals surface area contributed by atoms with E-state index in [1.54, 1.807) is 28.0 Å². The minimum atomic E-state index is -1.18. The van der Waals surface area contributed by atoms with Gasteiger partial charge < -0.3 is 10.1 Å². The molecule has 1 N–H and O–H groups in total. The minimum Gasteiger partial charge on any atom is -0.497 e. The van der Waals surface area contributed by atoms with Crippen molar-refractivity contribution in [1.82, 2.24) is 15.1 Å². The van der Waals surface area contributed by atoms with Crippen molar-refractivity contribution < 1.29 is 14.3 Å². The molecule has 2 aromatic carbocycles. The number of carbonyl (C=O) groups excluding carboxylic acids is 2. The van der Waals surface area contributed by atoms with Gasteiger partial charge in [-0.2, -0.15) is 5.10 Å². The largest absolute Gasteiger partial charge is 0.497 e. The molecule has 184 valence electrons. The van der Waals surface area contributed by atoms with Crippen LogP contribution in [-0.2, 0) is 24.3 Å². The number of anilines is 1. The molecule has 36 heavy (non-hydrogen) atoms. The molecule has 0 fully saturated rings. The van der Waals surface area contributed by atoms with Crippen molar-refractivity contribution in [3.05, 3.63) is 88.9 Å². The monoisotopic (exact) mass is 500 g/mol. The molecule has 4 aromatic rings. The Labute approximate surface area is 214 Å². The number of thiophene rings is 1. The van der Waals surface area contributed by atoms with Gasteiger partial charge in [0, 0.05) is 12.2 Å². The Balaban J connectivity index is 1.53. The molecule has 0 bridgehead atoms. The molecule has 0 saturated carbocycles. The quantitative estimate of drug-likeness (QED) is 0.391. The molecule has 2 aromatic heterocycles. The average molecular weight is 501 g/mol. The number of benzene rings is 2. The average Bonchev–Trinajstić information content (AvgIpc) is 3.58. The summed E-state index contributed by atoms with van der Waals surface area (Å²) in [6.07, 6.45) is 0.739. The summed E-state index contributed by atoms with van der Waals surface area (Å²) in [6.45, 7) is 4.44. The maximum Gasteiger partial charge on any atom is 0.277 e. The van der Waals surface area contributed by atoms with Gasteiger partial charge >= 0.3 is 0 Å². The number of para-hydroxylation sites is 1. The van der Waals surface area contributed by atoms with Crippen LogP contribution in [0.15, 0.2) is 72.1 Å². The molecule has 1 aliphatic rings. The number of fused-ring (bicyclic) bond motifs is 1. The molecular weight excluding hydrogens is 472 g/mol. The van der Waals surface area contributed by atoms with Gasteiger partial charge in [-0.25, -0.2) is 0 Å². The molecule has 2 amide bonds. The molecule has 1 aliphatic heterocycles. The summed E-state index contributed by atoms with van der Waals surface area (Å²) in [5, 5.41) is 9.75. The van der Waals surface area contributed by atoms with Crippen LogP contribution in [-0.4, -0.2) is 34.2 Å². The maximum atomic E-state index is 14.0. The SMILES string of the molecule is CCc1ccccc1N1C(=O)c2cc(-c3cccs3)nn2C[C@@]1(C)C(=O)NCc1ccc(OC)cc1. The lowest BCUT2D eigenvalue weighted by molar-refractivity contribution is -0.126. The van der Waals surface area contributed by atoms with Crippen LogP contribution < -0.4 is 15.0 Å². The number of aromatic nitrogens is 2. The Morgan fingerprint density at radius 3 is 2.61 bits per heavy atom. The second-order valence-electron chi connectivity index (χ2n) is 8.98. The lowest BCUT2D eigenvalue weighted by Gasteiger charge is -2.43. The highest BCUT2D eigenvalue weighted by Gasteiger charge is 2.49. The van der Waals surface area contributed by atoms with Gasteiger partial charge in [-0.05, 0) is 60.2 Å². The van der Waals surface area contributed by atoms with E-state index in [1.807, 2.05) is 86.0 Å². The van der Waals surface area contributed by atoms with Crippen LogP contribution in [0.2, 0.25) is 0 Å². The van der Waals surface area contributed by atoms with Crippen LogP contribution in [0, 0.1) is 0 Å². The zero-order valence-corrected chi connectivity index (χ0v) is 21.3. The highest BCUT2D eigenvalue weighted by molar-refractivity contribution is 7.13. The topological polar surface area (TPSA) is 76.5 Å². The van der Waals surface area contributed by atoms with Gasteiger partial charge in [-0.3, -0.25) is 19.2 Å². The van der Waals surface area contributed by atoms with E-state index in [9.17, 15) is 9.59 Å². The van der Waals surface area contributed by atoms with E-state index in [2.05, 4.69) is 5.32 Å². The molecule has 0 radical (unpaired) electrons. The van der Waals surface area contributed by atoms with Gasteiger partial charge in [0.15, 0.2) is 0 Å². The number of nitrogens with one attached hydrogen (secondary N) is 1. The number of rotatable bonds is 7. The molecular formula is C28H28N4O3S. The third-order valence-electron chi connectivity index (χ3n) is 6.64. The Morgan fingerprint density at radius 1 is 1.14 bits per heavy atom. The van der Waals surface area contributed by atoms with E-state index < -0.39 is 5.54 Å². The van der Waals surface area contributed by atoms with E-state index >= 15 is 0 Å². The first-order valence-electron chi connectivity index (χ1n) is 11.9. The van der Waals surface area contributed by atoms with Crippen LogP contribution in [0.1, 0.15) is 35.5 Å². The summed E-state index contributed by atoms with van der Waals surface area (Å²) >= 11 is 1.57. The van der Waals surface area contributed by atoms with E-state index in [4.69, 9.17) is 9.84 Å². The molecule has 8 heteroatoms. The third-order valence-corrected chi connectivity index (χ3v) is 7.53. The molecule has 0 unspecified atom stereocenters. The summed E-state index contributed by atoms with van der Waals surface area (Å²) in [5.41, 5.74) is 2.73. The Bertz CT molecular complexity index is 1390. The van der Waals surface area contributed by atoms with Crippen LogP contribution in [0.4, 0.5) is 5.69 Å². The zero-order valence-electron chi connectivity index (χ0n) is 20.5. The molecule has 1 atom stereocenters.